The number of aryl methyl sites for hydroxylation is 1. The predicted molar refractivity (Wildman–Crippen MR) is 107 cm³/mol. The van der Waals surface area contributed by atoms with Crippen LogP contribution in [0.2, 0.25) is 0 Å². The second-order valence-electron chi connectivity index (χ2n) is 8.19. The Hall–Kier alpha value is -1.99. The Balaban J connectivity index is 1.73. The Labute approximate surface area is 164 Å². The van der Waals surface area contributed by atoms with E-state index in [4.69, 9.17) is 0 Å². The van der Waals surface area contributed by atoms with Crippen LogP contribution < -0.4 is 21.8 Å². The molecule has 0 saturated heterocycles. The molecule has 3 aliphatic carbocycles. The molecule has 2 aromatic heterocycles. The van der Waals surface area contributed by atoms with Crippen molar-refractivity contribution >= 4 is 23.0 Å². The second-order valence-corrected chi connectivity index (χ2v) is 9.36. The molecule has 148 valence electrons. The third-order valence-electron chi connectivity index (χ3n) is 6.36. The van der Waals surface area contributed by atoms with E-state index < -0.39 is 23.3 Å². The minimum Gasteiger partial charge on any atom is -0.396 e. The molecular formula is C21H23FN2O3S. The van der Waals surface area contributed by atoms with E-state index in [1.54, 1.807) is 15.9 Å². The SMILES string of the molecule is CC1=c2c(c(=O)[nH]c(=O)n2C2CC2)=CC(F)C1c1cc2c(s1)CCCC2CO. The molecule has 0 bridgehead atoms. The Bertz CT molecular complexity index is 1190. The summed E-state index contributed by atoms with van der Waals surface area (Å²) in [7, 11) is 0. The number of H-pyrrole nitrogens is 1. The summed E-state index contributed by atoms with van der Waals surface area (Å²) in [4.78, 5) is 29.3. The van der Waals surface area contributed by atoms with Gasteiger partial charge >= 0.3 is 5.69 Å². The molecule has 0 amide bonds. The standard InChI is InChI=1S/C21H23FN2O3S/c1-10-18(17-8-13-11(9-25)3-2-4-16(13)28-17)15(22)7-14-19(10)24(12-5-6-12)21(27)23-20(14)26/h7-8,11-12,15,18,25H,2-6,9H2,1H3,(H,23,26,27). The molecule has 0 radical (unpaired) electrons. The van der Waals surface area contributed by atoms with Crippen molar-refractivity contribution < 1.29 is 9.50 Å². The number of aliphatic hydroxyl groups is 1. The number of hydrogen-bond donors (Lipinski definition) is 2. The van der Waals surface area contributed by atoms with Gasteiger partial charge in [-0.2, -0.15) is 0 Å². The summed E-state index contributed by atoms with van der Waals surface area (Å²) in [6, 6.07) is 2.14. The van der Waals surface area contributed by atoms with E-state index in [0.717, 1.165) is 48.1 Å². The molecule has 3 unspecified atom stereocenters. The van der Waals surface area contributed by atoms with Gasteiger partial charge in [-0.1, -0.05) is 0 Å². The van der Waals surface area contributed by atoms with E-state index in [-0.39, 0.29) is 23.8 Å². The van der Waals surface area contributed by atoms with Crippen LogP contribution >= 0.6 is 11.3 Å². The van der Waals surface area contributed by atoms with Crippen molar-refractivity contribution in [2.75, 3.05) is 6.61 Å². The largest absolute Gasteiger partial charge is 0.396 e. The maximum Gasteiger partial charge on any atom is 0.329 e. The average Bonchev–Trinajstić information content (AvgIpc) is 3.40. The Morgan fingerprint density at radius 2 is 2.11 bits per heavy atom. The van der Waals surface area contributed by atoms with E-state index in [1.807, 2.05) is 13.0 Å². The van der Waals surface area contributed by atoms with Crippen LogP contribution in [0.25, 0.3) is 11.6 Å². The first-order chi connectivity index (χ1) is 13.5. The van der Waals surface area contributed by atoms with Crippen LogP contribution in [0.5, 0.6) is 0 Å². The molecular weight excluding hydrogens is 379 g/mol. The number of halogens is 1. The van der Waals surface area contributed by atoms with Gasteiger partial charge in [0.15, 0.2) is 0 Å². The van der Waals surface area contributed by atoms with Crippen molar-refractivity contribution in [2.45, 2.75) is 63.1 Å². The highest BCUT2D eigenvalue weighted by atomic mass is 32.1. The van der Waals surface area contributed by atoms with Gasteiger partial charge in [0, 0.05) is 28.3 Å². The lowest BCUT2D eigenvalue weighted by Crippen LogP contribution is -2.57. The van der Waals surface area contributed by atoms with Crippen LogP contribution in [0.3, 0.4) is 0 Å². The van der Waals surface area contributed by atoms with Crippen LogP contribution in [0.4, 0.5) is 4.39 Å². The molecule has 7 heteroatoms. The predicted octanol–water partition coefficient (Wildman–Crippen LogP) is 1.43. The van der Waals surface area contributed by atoms with Gasteiger partial charge in [-0.3, -0.25) is 14.3 Å². The van der Waals surface area contributed by atoms with Gasteiger partial charge in [0.1, 0.15) is 6.17 Å². The van der Waals surface area contributed by atoms with Gasteiger partial charge in [-0.05, 0) is 62.3 Å². The number of rotatable bonds is 3. The highest BCUT2D eigenvalue weighted by molar-refractivity contribution is 7.12. The number of fused-ring (bicyclic) bond motifs is 2. The fraction of sp³-hybridized carbons (Fsp3) is 0.524. The minimum absolute atomic E-state index is 0.0913. The summed E-state index contributed by atoms with van der Waals surface area (Å²) >= 11 is 1.62. The maximum absolute atomic E-state index is 15.3. The van der Waals surface area contributed by atoms with Crippen LogP contribution in [-0.2, 0) is 6.42 Å². The second kappa shape index (κ2) is 6.52. The summed E-state index contributed by atoms with van der Waals surface area (Å²) in [5.41, 5.74) is 0.980. The van der Waals surface area contributed by atoms with Gasteiger partial charge in [0.05, 0.1) is 16.5 Å². The van der Waals surface area contributed by atoms with Crippen molar-refractivity contribution in [3.05, 3.63) is 52.8 Å². The molecule has 0 aromatic carbocycles. The number of thiophene rings is 1. The Kier molecular flexibility index (Phi) is 4.21. The summed E-state index contributed by atoms with van der Waals surface area (Å²) in [5.74, 6) is -0.367. The summed E-state index contributed by atoms with van der Waals surface area (Å²) in [6.45, 7) is 1.96. The minimum atomic E-state index is -1.31. The molecule has 0 spiro atoms. The van der Waals surface area contributed by atoms with Gasteiger partial charge in [0.25, 0.3) is 5.56 Å². The topological polar surface area (TPSA) is 75.1 Å². The number of nitrogens with zero attached hydrogens (tertiary/aromatic N) is 1. The van der Waals surface area contributed by atoms with Crippen LogP contribution in [0, 0.1) is 0 Å². The van der Waals surface area contributed by atoms with Crippen molar-refractivity contribution in [3.63, 3.8) is 0 Å². The Morgan fingerprint density at radius 1 is 1.32 bits per heavy atom. The summed E-state index contributed by atoms with van der Waals surface area (Å²) in [6.07, 6.45) is 4.83. The fourth-order valence-corrected chi connectivity index (χ4v) is 6.32. The first kappa shape index (κ1) is 18.1. The molecule has 2 heterocycles. The number of aromatic nitrogens is 2. The maximum atomic E-state index is 15.3. The Morgan fingerprint density at radius 3 is 2.82 bits per heavy atom. The van der Waals surface area contributed by atoms with E-state index in [0.29, 0.717) is 5.35 Å². The van der Waals surface area contributed by atoms with Gasteiger partial charge < -0.3 is 5.11 Å². The van der Waals surface area contributed by atoms with E-state index in [1.165, 1.54) is 11.0 Å². The van der Waals surface area contributed by atoms with Gasteiger partial charge in [-0.25, -0.2) is 9.18 Å². The smallest absolute Gasteiger partial charge is 0.329 e. The van der Waals surface area contributed by atoms with E-state index in [9.17, 15) is 14.7 Å². The summed E-state index contributed by atoms with van der Waals surface area (Å²) < 4.78 is 16.9. The van der Waals surface area contributed by atoms with Gasteiger partial charge in [-0.15, -0.1) is 11.3 Å². The normalized spacial score (nSPS) is 26.5. The number of hydrogen-bond acceptors (Lipinski definition) is 4. The molecule has 1 fully saturated rings. The van der Waals surface area contributed by atoms with Crippen molar-refractivity contribution in [3.8, 4) is 0 Å². The zero-order chi connectivity index (χ0) is 19.6. The molecule has 5 rings (SSSR count). The number of aliphatic hydroxyl groups excluding tert-OH is 1. The van der Waals surface area contributed by atoms with Crippen LogP contribution in [0.1, 0.15) is 65.8 Å². The molecule has 2 N–H and O–H groups in total. The van der Waals surface area contributed by atoms with Crippen LogP contribution in [-0.4, -0.2) is 27.4 Å². The van der Waals surface area contributed by atoms with Crippen molar-refractivity contribution in [1.29, 1.82) is 0 Å². The third-order valence-corrected chi connectivity index (χ3v) is 7.65. The summed E-state index contributed by atoms with van der Waals surface area (Å²) in [5, 5.41) is 10.6. The molecule has 2 aromatic rings. The number of nitrogens with one attached hydrogen (secondary N) is 1. The van der Waals surface area contributed by atoms with E-state index >= 15 is 4.39 Å². The van der Waals surface area contributed by atoms with Crippen molar-refractivity contribution in [1.82, 2.24) is 9.55 Å². The first-order valence-electron chi connectivity index (χ1n) is 9.94. The lowest BCUT2D eigenvalue weighted by Gasteiger charge is -2.23. The molecule has 28 heavy (non-hydrogen) atoms. The highest BCUT2D eigenvalue weighted by Crippen LogP contribution is 2.43. The third kappa shape index (κ3) is 2.67. The van der Waals surface area contributed by atoms with Crippen LogP contribution in [0.15, 0.2) is 15.7 Å². The lowest BCUT2D eigenvalue weighted by molar-refractivity contribution is 0.253. The lowest BCUT2D eigenvalue weighted by atomic mass is 9.85. The fourth-order valence-electron chi connectivity index (χ4n) is 4.83. The average molecular weight is 402 g/mol. The van der Waals surface area contributed by atoms with Gasteiger partial charge in [0.2, 0.25) is 0 Å². The first-order valence-corrected chi connectivity index (χ1v) is 10.8. The quantitative estimate of drug-likeness (QED) is 0.816. The molecule has 5 nitrogen and oxygen atoms in total. The number of aromatic amines is 1. The monoisotopic (exact) mass is 402 g/mol. The molecule has 3 atom stereocenters. The number of alkyl halides is 1. The molecule has 1 saturated carbocycles. The molecule has 3 aliphatic rings. The molecule has 0 aliphatic heterocycles. The zero-order valence-corrected chi connectivity index (χ0v) is 16.5. The van der Waals surface area contributed by atoms with E-state index in [2.05, 4.69) is 4.98 Å². The van der Waals surface area contributed by atoms with Crippen molar-refractivity contribution in [2.24, 2.45) is 0 Å². The zero-order valence-electron chi connectivity index (χ0n) is 15.7. The highest BCUT2D eigenvalue weighted by Gasteiger charge is 2.34.